The SMILES string of the molecule is Cc1c(C(=O)N2CCC(C(C)(C)O)CC2)cc2c(N3CCOCC3)nc(-c3cnc(N)cc3C(F)(F)F)nn12. The summed E-state index contributed by atoms with van der Waals surface area (Å²) in [4.78, 5) is 25.7. The van der Waals surface area contributed by atoms with Crippen molar-refractivity contribution in [1.29, 1.82) is 0 Å². The van der Waals surface area contributed by atoms with Gasteiger partial charge in [0.15, 0.2) is 11.6 Å². The number of carbonyl (C=O) groups excluding carboxylic acids is 1. The number of pyridine rings is 1. The number of carbonyl (C=O) groups is 1. The third kappa shape index (κ3) is 5.24. The zero-order chi connectivity index (χ0) is 28.1. The number of halogens is 3. The van der Waals surface area contributed by atoms with Crippen molar-refractivity contribution in [2.45, 2.75) is 45.4 Å². The number of amides is 1. The predicted molar refractivity (Wildman–Crippen MR) is 138 cm³/mol. The Morgan fingerprint density at radius 2 is 1.79 bits per heavy atom. The molecule has 10 nitrogen and oxygen atoms in total. The number of morpholine rings is 1. The van der Waals surface area contributed by atoms with Crippen LogP contribution in [0, 0.1) is 12.8 Å². The molecule has 5 heterocycles. The normalized spacial score (nSPS) is 17.7. The molecular formula is C26H32F3N7O3. The molecule has 0 aliphatic carbocycles. The Hall–Kier alpha value is -3.45. The summed E-state index contributed by atoms with van der Waals surface area (Å²) < 4.78 is 48.8. The van der Waals surface area contributed by atoms with E-state index < -0.39 is 17.3 Å². The summed E-state index contributed by atoms with van der Waals surface area (Å²) in [6.07, 6.45) is -2.32. The average molecular weight is 548 g/mol. The molecule has 0 spiro atoms. The average Bonchev–Trinajstić information content (AvgIpc) is 3.23. The number of hydrogen-bond acceptors (Lipinski definition) is 8. The number of piperidine rings is 1. The van der Waals surface area contributed by atoms with Crippen molar-refractivity contribution in [2.24, 2.45) is 5.92 Å². The van der Waals surface area contributed by atoms with Gasteiger partial charge in [0, 0.05) is 32.4 Å². The molecule has 5 rings (SSSR count). The van der Waals surface area contributed by atoms with E-state index in [9.17, 15) is 23.1 Å². The predicted octanol–water partition coefficient (Wildman–Crippen LogP) is 3.16. The zero-order valence-corrected chi connectivity index (χ0v) is 22.1. The largest absolute Gasteiger partial charge is 0.417 e. The molecule has 3 aromatic heterocycles. The van der Waals surface area contributed by atoms with Crippen LogP contribution in [0.4, 0.5) is 24.8 Å². The van der Waals surface area contributed by atoms with Crippen LogP contribution in [-0.4, -0.2) is 80.5 Å². The molecule has 2 aliphatic heterocycles. The standard InChI is InChI=1S/C26H32F3N7O3/c1-15-17(24(37)35-6-4-16(5-7-35)25(2,3)38)12-20-23(34-8-10-39-11-9-34)32-22(33-36(15)20)18-14-31-21(30)13-19(18)26(27,28)29/h12-14,16,38H,4-11H2,1-3H3,(H2,30,31). The van der Waals surface area contributed by atoms with E-state index in [1.807, 2.05) is 4.90 Å². The van der Waals surface area contributed by atoms with Crippen LogP contribution < -0.4 is 10.6 Å². The third-order valence-corrected chi connectivity index (χ3v) is 7.65. The number of nitrogen functional groups attached to an aromatic ring is 1. The lowest BCUT2D eigenvalue weighted by Crippen LogP contribution is -2.44. The second-order valence-corrected chi connectivity index (χ2v) is 10.7. The van der Waals surface area contributed by atoms with Crippen LogP contribution in [0.1, 0.15) is 48.3 Å². The molecule has 2 aliphatic rings. The first kappa shape index (κ1) is 27.1. The topological polar surface area (TPSA) is 122 Å². The number of aromatic nitrogens is 4. The Bertz CT molecular complexity index is 1390. The molecule has 0 radical (unpaired) electrons. The van der Waals surface area contributed by atoms with Crippen LogP contribution in [0.25, 0.3) is 16.9 Å². The number of alkyl halides is 3. The number of aliphatic hydroxyl groups is 1. The number of hydrogen-bond donors (Lipinski definition) is 2. The summed E-state index contributed by atoms with van der Waals surface area (Å²) in [5.41, 5.74) is 4.88. The second-order valence-electron chi connectivity index (χ2n) is 10.7. The van der Waals surface area contributed by atoms with Gasteiger partial charge in [-0.1, -0.05) is 0 Å². The van der Waals surface area contributed by atoms with Gasteiger partial charge in [0.1, 0.15) is 11.3 Å². The fourth-order valence-corrected chi connectivity index (χ4v) is 5.34. The molecule has 3 N–H and O–H groups in total. The van der Waals surface area contributed by atoms with Crippen LogP contribution >= 0.6 is 0 Å². The summed E-state index contributed by atoms with van der Waals surface area (Å²) in [5.74, 6) is -0.122. The summed E-state index contributed by atoms with van der Waals surface area (Å²) in [6, 6.07) is 2.48. The highest BCUT2D eigenvalue weighted by atomic mass is 19.4. The van der Waals surface area contributed by atoms with Crippen molar-refractivity contribution in [3.05, 3.63) is 35.2 Å². The van der Waals surface area contributed by atoms with Gasteiger partial charge in [-0.3, -0.25) is 4.79 Å². The number of aryl methyl sites for hydroxylation is 1. The lowest BCUT2D eigenvalue weighted by atomic mass is 9.83. The molecule has 3 aromatic rings. The number of anilines is 2. The summed E-state index contributed by atoms with van der Waals surface area (Å²) in [7, 11) is 0. The van der Waals surface area contributed by atoms with Crippen LogP contribution in [0.15, 0.2) is 18.3 Å². The molecule has 39 heavy (non-hydrogen) atoms. The molecule has 0 unspecified atom stereocenters. The van der Waals surface area contributed by atoms with Gasteiger partial charge in [-0.2, -0.15) is 13.2 Å². The van der Waals surface area contributed by atoms with E-state index in [0.717, 1.165) is 12.3 Å². The van der Waals surface area contributed by atoms with Crippen molar-refractivity contribution in [2.75, 3.05) is 50.0 Å². The van der Waals surface area contributed by atoms with Gasteiger partial charge in [0.2, 0.25) is 0 Å². The molecule has 210 valence electrons. The number of nitrogens with two attached hydrogens (primary N) is 1. The van der Waals surface area contributed by atoms with Gasteiger partial charge in [-0.05, 0) is 51.7 Å². The first-order valence-corrected chi connectivity index (χ1v) is 12.9. The minimum atomic E-state index is -4.70. The first-order chi connectivity index (χ1) is 18.3. The summed E-state index contributed by atoms with van der Waals surface area (Å²) in [5, 5.41) is 14.8. The maximum absolute atomic E-state index is 13.9. The van der Waals surface area contributed by atoms with E-state index in [1.165, 1.54) is 4.52 Å². The molecule has 0 bridgehead atoms. The quantitative estimate of drug-likeness (QED) is 0.511. The highest BCUT2D eigenvalue weighted by Crippen LogP contribution is 2.38. The minimum absolute atomic E-state index is 0.0912. The Labute approximate surface area is 223 Å². The van der Waals surface area contributed by atoms with Crippen molar-refractivity contribution < 1.29 is 27.8 Å². The molecule has 2 saturated heterocycles. The highest BCUT2D eigenvalue weighted by molar-refractivity contribution is 5.98. The minimum Gasteiger partial charge on any atom is -0.390 e. The van der Waals surface area contributed by atoms with Gasteiger partial charge < -0.3 is 25.4 Å². The monoisotopic (exact) mass is 547 g/mol. The number of nitrogens with zero attached hydrogens (tertiary/aromatic N) is 6. The maximum Gasteiger partial charge on any atom is 0.417 e. The fourth-order valence-electron chi connectivity index (χ4n) is 5.34. The van der Waals surface area contributed by atoms with E-state index >= 15 is 0 Å². The van der Waals surface area contributed by atoms with E-state index in [1.54, 1.807) is 31.7 Å². The first-order valence-electron chi connectivity index (χ1n) is 12.9. The van der Waals surface area contributed by atoms with Crippen molar-refractivity contribution in [3.63, 3.8) is 0 Å². The third-order valence-electron chi connectivity index (χ3n) is 7.65. The van der Waals surface area contributed by atoms with Crippen LogP contribution in [-0.2, 0) is 10.9 Å². The van der Waals surface area contributed by atoms with Gasteiger partial charge in [-0.25, -0.2) is 14.5 Å². The second kappa shape index (κ2) is 9.94. The van der Waals surface area contributed by atoms with E-state index in [2.05, 4.69) is 15.1 Å². The van der Waals surface area contributed by atoms with E-state index in [4.69, 9.17) is 10.5 Å². The van der Waals surface area contributed by atoms with Crippen LogP contribution in [0.3, 0.4) is 0 Å². The summed E-state index contributed by atoms with van der Waals surface area (Å²) in [6.45, 7) is 8.11. The fraction of sp³-hybridized carbons (Fsp3) is 0.538. The van der Waals surface area contributed by atoms with Crippen LogP contribution in [0.5, 0.6) is 0 Å². The lowest BCUT2D eigenvalue weighted by molar-refractivity contribution is -0.137. The molecule has 0 atom stereocenters. The van der Waals surface area contributed by atoms with Crippen molar-refractivity contribution >= 4 is 23.1 Å². The Morgan fingerprint density at radius 1 is 1.13 bits per heavy atom. The molecular weight excluding hydrogens is 515 g/mol. The van der Waals surface area contributed by atoms with Gasteiger partial charge in [0.05, 0.1) is 41.2 Å². The maximum atomic E-state index is 13.9. The molecule has 0 aromatic carbocycles. The van der Waals surface area contributed by atoms with Crippen LogP contribution in [0.2, 0.25) is 0 Å². The molecule has 13 heteroatoms. The van der Waals surface area contributed by atoms with Gasteiger partial charge >= 0.3 is 6.18 Å². The van der Waals surface area contributed by atoms with Gasteiger partial charge in [0.25, 0.3) is 5.91 Å². The summed E-state index contributed by atoms with van der Waals surface area (Å²) >= 11 is 0. The number of ether oxygens (including phenoxy) is 1. The Morgan fingerprint density at radius 3 is 2.41 bits per heavy atom. The highest BCUT2D eigenvalue weighted by Gasteiger charge is 2.36. The van der Waals surface area contributed by atoms with Crippen molar-refractivity contribution in [1.82, 2.24) is 24.5 Å². The van der Waals surface area contributed by atoms with Gasteiger partial charge in [-0.15, -0.1) is 5.10 Å². The molecule has 1 amide bonds. The van der Waals surface area contributed by atoms with E-state index in [0.29, 0.717) is 74.8 Å². The smallest absolute Gasteiger partial charge is 0.390 e. The number of likely N-dealkylation sites (tertiary alicyclic amines) is 1. The zero-order valence-electron chi connectivity index (χ0n) is 22.1. The Balaban J connectivity index is 1.60. The molecule has 2 fully saturated rings. The lowest BCUT2D eigenvalue weighted by Gasteiger charge is -2.37. The van der Waals surface area contributed by atoms with E-state index in [-0.39, 0.29) is 29.0 Å². The van der Waals surface area contributed by atoms with Crippen molar-refractivity contribution in [3.8, 4) is 11.4 Å². The number of rotatable bonds is 4. The number of fused-ring (bicyclic) bond motifs is 1. The molecule has 0 saturated carbocycles. The Kier molecular flexibility index (Phi) is 6.91.